The van der Waals surface area contributed by atoms with Crippen molar-refractivity contribution in [3.8, 4) is 5.75 Å². The summed E-state index contributed by atoms with van der Waals surface area (Å²) in [4.78, 5) is 21.7. The molecule has 1 aromatic carbocycles. The lowest BCUT2D eigenvalue weighted by Crippen LogP contribution is -2.33. The van der Waals surface area contributed by atoms with Crippen molar-refractivity contribution in [1.82, 2.24) is 9.97 Å². The monoisotopic (exact) mass is 423 g/mol. The first-order valence-electron chi connectivity index (χ1n) is 8.51. The van der Waals surface area contributed by atoms with Gasteiger partial charge in [0.2, 0.25) is 5.16 Å². The van der Waals surface area contributed by atoms with Gasteiger partial charge in [-0.2, -0.15) is 0 Å². The van der Waals surface area contributed by atoms with Crippen LogP contribution in [0.3, 0.4) is 0 Å². The summed E-state index contributed by atoms with van der Waals surface area (Å²) in [6.45, 7) is 5.28. The van der Waals surface area contributed by atoms with Crippen LogP contribution in [0.5, 0.6) is 5.75 Å². The van der Waals surface area contributed by atoms with Crippen LogP contribution in [-0.4, -0.2) is 39.7 Å². The third-order valence-electron chi connectivity index (χ3n) is 3.63. The van der Waals surface area contributed by atoms with E-state index in [9.17, 15) is 13.4 Å². The maximum Gasteiger partial charge on any atom is 0.415 e. The zero-order valence-corrected chi connectivity index (χ0v) is 16.9. The molecule has 0 bridgehead atoms. The Hall–Kier alpha value is -3.21. The van der Waals surface area contributed by atoms with Gasteiger partial charge in [0.15, 0.2) is 23.2 Å². The molecule has 1 atom stereocenters. The fourth-order valence-corrected chi connectivity index (χ4v) is 2.75. The number of halogens is 1. The van der Waals surface area contributed by atoms with Gasteiger partial charge in [-0.3, -0.25) is 9.11 Å². The molecule has 0 fully saturated rings. The highest BCUT2D eigenvalue weighted by atomic mass is 32.2. The summed E-state index contributed by atoms with van der Waals surface area (Å²) in [6, 6.07) is 4.12. The number of nitrogens with two attached hydrogens (primary N) is 2. The van der Waals surface area contributed by atoms with Crippen molar-refractivity contribution < 1.29 is 22.9 Å². The fourth-order valence-electron chi connectivity index (χ4n) is 2.30. The summed E-state index contributed by atoms with van der Waals surface area (Å²) in [5.74, 6) is -0.743. The first kappa shape index (κ1) is 22.1. The zero-order chi connectivity index (χ0) is 21.6. The molecule has 0 aliphatic rings. The Kier molecular flexibility index (Phi) is 7.48. The molecule has 0 aliphatic carbocycles. The standard InChI is InChI=1S/C18H22FN5O4S/c1-4-8-28-13-9-11(6-7-12(13)19)10-24(18(25)27-5-2)16-14(20)15(21)22-17(23-16)29(3)26/h4,6-7,9H,1,5,8,10,20H2,2-3H3,(H2,21,22,23). The number of amides is 1. The fraction of sp³-hybridized carbons (Fsp3) is 0.278. The van der Waals surface area contributed by atoms with Crippen molar-refractivity contribution in [2.45, 2.75) is 18.6 Å². The number of hydrogen-bond donors (Lipinski definition) is 2. The van der Waals surface area contributed by atoms with E-state index in [-0.39, 0.29) is 48.0 Å². The van der Waals surface area contributed by atoms with E-state index in [1.54, 1.807) is 6.92 Å². The molecule has 0 saturated heterocycles. The van der Waals surface area contributed by atoms with Crippen LogP contribution >= 0.6 is 0 Å². The van der Waals surface area contributed by atoms with Crippen LogP contribution in [0.1, 0.15) is 12.5 Å². The minimum atomic E-state index is -1.56. The van der Waals surface area contributed by atoms with Crippen LogP contribution in [0.15, 0.2) is 36.0 Å². The molecule has 0 saturated carbocycles. The Labute approximate surface area is 170 Å². The molecule has 1 aromatic heterocycles. The normalized spacial score (nSPS) is 11.6. The molecule has 9 nitrogen and oxygen atoms in total. The first-order chi connectivity index (χ1) is 13.8. The number of hydrogen-bond acceptors (Lipinski definition) is 8. The summed E-state index contributed by atoms with van der Waals surface area (Å²) >= 11 is 0. The molecule has 0 aliphatic heterocycles. The van der Waals surface area contributed by atoms with E-state index in [1.807, 2.05) is 0 Å². The number of anilines is 3. The second-order valence-electron chi connectivity index (χ2n) is 5.73. The second-order valence-corrected chi connectivity index (χ2v) is 7.01. The molecular weight excluding hydrogens is 401 g/mol. The van der Waals surface area contributed by atoms with Gasteiger partial charge in [0.25, 0.3) is 0 Å². The summed E-state index contributed by atoms with van der Waals surface area (Å²) in [6.07, 6.45) is 2.09. The summed E-state index contributed by atoms with van der Waals surface area (Å²) in [5.41, 5.74) is 12.2. The van der Waals surface area contributed by atoms with Gasteiger partial charge < -0.3 is 20.9 Å². The van der Waals surface area contributed by atoms with Crippen molar-refractivity contribution in [3.63, 3.8) is 0 Å². The SMILES string of the molecule is C=CCOc1cc(CN(C(=O)OCC)c2nc(S(C)=O)nc(N)c2N)ccc1F. The van der Waals surface area contributed by atoms with E-state index < -0.39 is 22.7 Å². The highest BCUT2D eigenvalue weighted by molar-refractivity contribution is 7.84. The van der Waals surface area contributed by atoms with Crippen LogP contribution in [0.4, 0.5) is 26.5 Å². The highest BCUT2D eigenvalue weighted by Gasteiger charge is 2.25. The molecule has 156 valence electrons. The highest BCUT2D eigenvalue weighted by Crippen LogP contribution is 2.29. The zero-order valence-electron chi connectivity index (χ0n) is 16.1. The number of carbonyl (C=O) groups excluding carboxylic acids is 1. The smallest absolute Gasteiger partial charge is 0.415 e. The van der Waals surface area contributed by atoms with E-state index in [0.717, 1.165) is 4.90 Å². The van der Waals surface area contributed by atoms with E-state index in [4.69, 9.17) is 20.9 Å². The van der Waals surface area contributed by atoms with Gasteiger partial charge >= 0.3 is 6.09 Å². The Morgan fingerprint density at radius 3 is 2.72 bits per heavy atom. The van der Waals surface area contributed by atoms with Crippen molar-refractivity contribution in [1.29, 1.82) is 0 Å². The lowest BCUT2D eigenvalue weighted by atomic mass is 10.2. The molecule has 1 unspecified atom stereocenters. The Morgan fingerprint density at radius 2 is 2.10 bits per heavy atom. The first-order valence-corrected chi connectivity index (χ1v) is 10.1. The third kappa shape index (κ3) is 5.41. The molecule has 2 aromatic rings. The molecular formula is C18H22FN5O4S. The van der Waals surface area contributed by atoms with Crippen molar-refractivity contribution in [2.75, 3.05) is 35.8 Å². The number of nitrogen functional groups attached to an aromatic ring is 2. The molecule has 4 N–H and O–H groups in total. The largest absolute Gasteiger partial charge is 0.486 e. The van der Waals surface area contributed by atoms with E-state index >= 15 is 0 Å². The molecule has 11 heteroatoms. The summed E-state index contributed by atoms with van der Waals surface area (Å²) < 4.78 is 36.1. The molecule has 0 spiro atoms. The van der Waals surface area contributed by atoms with Gasteiger partial charge in [-0.1, -0.05) is 18.7 Å². The van der Waals surface area contributed by atoms with E-state index in [0.29, 0.717) is 5.56 Å². The number of nitrogens with zero attached hydrogens (tertiary/aromatic N) is 3. The van der Waals surface area contributed by atoms with Crippen molar-refractivity contribution >= 4 is 34.2 Å². The van der Waals surface area contributed by atoms with Crippen molar-refractivity contribution in [3.05, 3.63) is 42.2 Å². The van der Waals surface area contributed by atoms with Crippen molar-refractivity contribution in [2.24, 2.45) is 0 Å². The Morgan fingerprint density at radius 1 is 1.38 bits per heavy atom. The van der Waals surface area contributed by atoms with Crippen LogP contribution < -0.4 is 21.1 Å². The average Bonchev–Trinajstić information content (AvgIpc) is 2.68. The topological polar surface area (TPSA) is 134 Å². The number of carbonyl (C=O) groups is 1. The minimum Gasteiger partial charge on any atom is -0.486 e. The van der Waals surface area contributed by atoms with Crippen LogP contribution in [0.25, 0.3) is 0 Å². The molecule has 1 heterocycles. The second kappa shape index (κ2) is 9.82. The van der Waals surface area contributed by atoms with Gasteiger partial charge in [0, 0.05) is 6.26 Å². The summed E-state index contributed by atoms with van der Waals surface area (Å²) in [5, 5.41) is -0.0879. The molecule has 29 heavy (non-hydrogen) atoms. The average molecular weight is 423 g/mol. The van der Waals surface area contributed by atoms with Gasteiger partial charge in [0.1, 0.15) is 12.3 Å². The van der Waals surface area contributed by atoms with Gasteiger partial charge in [-0.15, -0.1) is 0 Å². The number of rotatable bonds is 8. The maximum atomic E-state index is 13.9. The van der Waals surface area contributed by atoms with Gasteiger partial charge in [0.05, 0.1) is 24.0 Å². The predicted molar refractivity (Wildman–Crippen MR) is 108 cm³/mol. The van der Waals surface area contributed by atoms with Crippen LogP contribution in [0.2, 0.25) is 0 Å². The quantitative estimate of drug-likeness (QED) is 0.488. The Bertz CT molecular complexity index is 941. The number of ether oxygens (including phenoxy) is 2. The van der Waals surface area contributed by atoms with Crippen LogP contribution in [-0.2, 0) is 22.1 Å². The maximum absolute atomic E-state index is 13.9. The lowest BCUT2D eigenvalue weighted by molar-refractivity contribution is 0.159. The van der Waals surface area contributed by atoms with E-state index in [1.165, 1.54) is 30.5 Å². The van der Waals surface area contributed by atoms with E-state index in [2.05, 4.69) is 16.5 Å². The molecule has 2 rings (SSSR count). The van der Waals surface area contributed by atoms with Crippen LogP contribution in [0, 0.1) is 5.82 Å². The minimum absolute atomic E-state index is 0.00302. The molecule has 1 amide bonds. The number of benzene rings is 1. The third-order valence-corrected chi connectivity index (χ3v) is 4.33. The predicted octanol–water partition coefficient (Wildman–Crippen LogP) is 2.25. The Balaban J connectivity index is 2.49. The lowest BCUT2D eigenvalue weighted by Gasteiger charge is -2.23. The summed E-state index contributed by atoms with van der Waals surface area (Å²) in [7, 11) is -1.56. The number of aromatic nitrogens is 2. The van der Waals surface area contributed by atoms with Gasteiger partial charge in [-0.05, 0) is 24.6 Å². The van der Waals surface area contributed by atoms with Gasteiger partial charge in [-0.25, -0.2) is 19.2 Å². The molecule has 0 radical (unpaired) electrons.